The second kappa shape index (κ2) is 5.18. The average molecular weight is 296 g/mol. The summed E-state index contributed by atoms with van der Waals surface area (Å²) in [6.45, 7) is -1.30. The Morgan fingerprint density at radius 1 is 1.24 bits per heavy atom. The minimum absolute atomic E-state index is 0.114. The van der Waals surface area contributed by atoms with Gasteiger partial charge >= 0.3 is 6.18 Å². The Hall–Kier alpha value is -1.82. The fourth-order valence-corrected chi connectivity index (χ4v) is 2.49. The second-order valence-electron chi connectivity index (χ2n) is 5.29. The number of aliphatic hydroxyl groups excluding tert-OH is 1. The molecule has 0 aliphatic heterocycles. The molecule has 1 N–H and O–H groups in total. The summed E-state index contributed by atoms with van der Waals surface area (Å²) in [6, 6.07) is 8.78. The zero-order chi connectivity index (χ0) is 15.0. The van der Waals surface area contributed by atoms with Gasteiger partial charge in [-0.3, -0.25) is 0 Å². The van der Waals surface area contributed by atoms with Gasteiger partial charge in [0.2, 0.25) is 0 Å². The van der Waals surface area contributed by atoms with E-state index < -0.39 is 12.7 Å². The molecule has 1 heterocycles. The van der Waals surface area contributed by atoms with E-state index in [0.717, 1.165) is 18.2 Å². The van der Waals surface area contributed by atoms with Gasteiger partial charge in [-0.1, -0.05) is 24.3 Å². The number of hydrogen-bond acceptors (Lipinski definition) is 3. The van der Waals surface area contributed by atoms with Crippen LogP contribution in [0.3, 0.4) is 0 Å². The molecular weight excluding hydrogens is 281 g/mol. The van der Waals surface area contributed by atoms with Crippen molar-refractivity contribution in [3.8, 4) is 0 Å². The van der Waals surface area contributed by atoms with Gasteiger partial charge in [-0.2, -0.15) is 13.2 Å². The van der Waals surface area contributed by atoms with E-state index in [4.69, 9.17) is 0 Å². The Morgan fingerprint density at radius 3 is 2.57 bits per heavy atom. The zero-order valence-corrected chi connectivity index (χ0v) is 11.3. The van der Waals surface area contributed by atoms with E-state index >= 15 is 0 Å². The number of benzene rings is 1. The van der Waals surface area contributed by atoms with E-state index in [1.165, 1.54) is 4.90 Å². The van der Waals surface area contributed by atoms with E-state index in [9.17, 15) is 18.3 Å². The normalized spacial score (nSPS) is 15.4. The van der Waals surface area contributed by atoms with Gasteiger partial charge in [0.15, 0.2) is 0 Å². The Labute approximate surface area is 120 Å². The first-order valence-corrected chi connectivity index (χ1v) is 6.81. The number of rotatable bonds is 4. The lowest BCUT2D eigenvalue weighted by Gasteiger charge is -2.26. The molecule has 0 bridgehead atoms. The van der Waals surface area contributed by atoms with Crippen molar-refractivity contribution in [2.45, 2.75) is 31.7 Å². The zero-order valence-electron chi connectivity index (χ0n) is 11.3. The summed E-state index contributed by atoms with van der Waals surface area (Å²) in [5, 5.41) is 10.8. The minimum Gasteiger partial charge on any atom is -0.390 e. The van der Waals surface area contributed by atoms with Gasteiger partial charge < -0.3 is 10.0 Å². The van der Waals surface area contributed by atoms with E-state index in [2.05, 4.69) is 4.98 Å². The van der Waals surface area contributed by atoms with Crippen molar-refractivity contribution in [3.63, 3.8) is 0 Å². The van der Waals surface area contributed by atoms with Crippen molar-refractivity contribution in [1.29, 1.82) is 0 Å². The SMILES string of the molecule is OCc1cc2ccccc2c(N(CC(F)(F)F)C2CC2)n1. The molecule has 0 amide bonds. The summed E-state index contributed by atoms with van der Waals surface area (Å²) < 4.78 is 38.5. The van der Waals surface area contributed by atoms with E-state index in [0.29, 0.717) is 16.9 Å². The first-order chi connectivity index (χ1) is 9.98. The summed E-state index contributed by atoms with van der Waals surface area (Å²) in [5.41, 5.74) is 0.386. The third-order valence-electron chi connectivity index (χ3n) is 3.54. The maximum Gasteiger partial charge on any atom is 0.405 e. The van der Waals surface area contributed by atoms with Crippen LogP contribution in [0, 0.1) is 0 Å². The Kier molecular flexibility index (Phi) is 3.49. The smallest absolute Gasteiger partial charge is 0.390 e. The quantitative estimate of drug-likeness (QED) is 0.941. The average Bonchev–Trinajstić information content (AvgIpc) is 3.27. The summed E-state index contributed by atoms with van der Waals surface area (Å²) in [4.78, 5) is 5.56. The lowest BCUT2D eigenvalue weighted by Crippen LogP contribution is -2.36. The molecule has 3 nitrogen and oxygen atoms in total. The second-order valence-corrected chi connectivity index (χ2v) is 5.29. The number of alkyl halides is 3. The molecule has 0 radical (unpaired) electrons. The molecule has 1 aromatic heterocycles. The Bertz CT molecular complexity index is 653. The predicted molar refractivity (Wildman–Crippen MR) is 74.1 cm³/mol. The molecule has 0 spiro atoms. The highest BCUT2D eigenvalue weighted by Crippen LogP contribution is 2.37. The molecule has 0 unspecified atom stereocenters. The molecule has 1 fully saturated rings. The summed E-state index contributed by atoms with van der Waals surface area (Å²) in [5.74, 6) is 0.317. The first kappa shape index (κ1) is 14.1. The highest BCUT2D eigenvalue weighted by molar-refractivity contribution is 5.92. The van der Waals surface area contributed by atoms with Crippen LogP contribution in [-0.4, -0.2) is 28.9 Å². The van der Waals surface area contributed by atoms with Gasteiger partial charge in [0.05, 0.1) is 12.3 Å². The molecule has 0 atom stereocenters. The van der Waals surface area contributed by atoms with Crippen molar-refractivity contribution in [2.75, 3.05) is 11.4 Å². The summed E-state index contributed by atoms with van der Waals surface area (Å²) >= 11 is 0. The molecular formula is C15H15F3N2O. The van der Waals surface area contributed by atoms with Gasteiger partial charge in [-0.05, 0) is 24.3 Å². The highest BCUT2D eigenvalue weighted by atomic mass is 19.4. The topological polar surface area (TPSA) is 36.4 Å². The molecule has 3 rings (SSSR count). The Morgan fingerprint density at radius 2 is 1.95 bits per heavy atom. The molecule has 1 aliphatic carbocycles. The van der Waals surface area contributed by atoms with Gasteiger partial charge in [0.1, 0.15) is 12.4 Å². The third-order valence-corrected chi connectivity index (χ3v) is 3.54. The first-order valence-electron chi connectivity index (χ1n) is 6.81. The van der Waals surface area contributed by atoms with Crippen LogP contribution >= 0.6 is 0 Å². The van der Waals surface area contributed by atoms with Crippen molar-refractivity contribution in [2.24, 2.45) is 0 Å². The molecule has 2 aromatic rings. The lowest BCUT2D eigenvalue weighted by atomic mass is 10.1. The lowest BCUT2D eigenvalue weighted by molar-refractivity contribution is -0.120. The largest absolute Gasteiger partial charge is 0.405 e. The molecule has 21 heavy (non-hydrogen) atoms. The predicted octanol–water partition coefficient (Wildman–Crippen LogP) is 3.26. The van der Waals surface area contributed by atoms with Crippen molar-refractivity contribution >= 4 is 16.6 Å². The van der Waals surface area contributed by atoms with Crippen LogP contribution in [0.25, 0.3) is 10.8 Å². The summed E-state index contributed by atoms with van der Waals surface area (Å²) in [7, 11) is 0. The number of nitrogens with zero attached hydrogens (tertiary/aromatic N) is 2. The monoisotopic (exact) mass is 296 g/mol. The maximum absolute atomic E-state index is 12.8. The van der Waals surface area contributed by atoms with Gasteiger partial charge in [0.25, 0.3) is 0 Å². The number of fused-ring (bicyclic) bond motifs is 1. The van der Waals surface area contributed by atoms with E-state index in [1.807, 2.05) is 12.1 Å². The number of aliphatic hydroxyl groups is 1. The van der Waals surface area contributed by atoms with Crippen LogP contribution in [0.2, 0.25) is 0 Å². The molecule has 1 aliphatic rings. The van der Waals surface area contributed by atoms with Crippen LogP contribution in [0.5, 0.6) is 0 Å². The van der Waals surface area contributed by atoms with Gasteiger partial charge in [-0.25, -0.2) is 4.98 Å². The summed E-state index contributed by atoms with van der Waals surface area (Å²) in [6.07, 6.45) is -2.79. The fraction of sp³-hybridized carbons (Fsp3) is 0.400. The maximum atomic E-state index is 12.8. The van der Waals surface area contributed by atoms with Crippen LogP contribution in [0.15, 0.2) is 30.3 Å². The highest BCUT2D eigenvalue weighted by Gasteiger charge is 2.39. The van der Waals surface area contributed by atoms with Crippen LogP contribution in [0.1, 0.15) is 18.5 Å². The van der Waals surface area contributed by atoms with Gasteiger partial charge in [-0.15, -0.1) is 0 Å². The van der Waals surface area contributed by atoms with Crippen LogP contribution < -0.4 is 4.90 Å². The molecule has 112 valence electrons. The molecule has 0 saturated heterocycles. The van der Waals surface area contributed by atoms with Crippen molar-refractivity contribution in [3.05, 3.63) is 36.0 Å². The minimum atomic E-state index is -4.28. The molecule has 6 heteroatoms. The standard InChI is InChI=1S/C15H15F3N2O/c16-15(17,18)9-20(12-5-6-12)14-13-4-2-1-3-10(13)7-11(8-21)19-14/h1-4,7,12,21H,5-6,8-9H2. The number of aromatic nitrogens is 1. The molecule has 1 saturated carbocycles. The van der Waals surface area contributed by atoms with Crippen molar-refractivity contribution in [1.82, 2.24) is 4.98 Å². The fourth-order valence-electron chi connectivity index (χ4n) is 2.49. The third kappa shape index (κ3) is 3.10. The number of halogens is 3. The van der Waals surface area contributed by atoms with E-state index in [1.54, 1.807) is 18.2 Å². The van der Waals surface area contributed by atoms with Crippen LogP contribution in [-0.2, 0) is 6.61 Å². The number of hydrogen-bond donors (Lipinski definition) is 1. The Balaban J connectivity index is 2.11. The van der Waals surface area contributed by atoms with Crippen molar-refractivity contribution < 1.29 is 18.3 Å². The van der Waals surface area contributed by atoms with Gasteiger partial charge in [0, 0.05) is 11.4 Å². The number of pyridine rings is 1. The van der Waals surface area contributed by atoms with Crippen LogP contribution in [0.4, 0.5) is 19.0 Å². The van der Waals surface area contributed by atoms with E-state index in [-0.39, 0.29) is 12.6 Å². The molecule has 1 aromatic carbocycles. The number of anilines is 1.